The zero-order valence-corrected chi connectivity index (χ0v) is 24.0. The van der Waals surface area contributed by atoms with Crippen molar-refractivity contribution in [1.82, 2.24) is 0 Å². The van der Waals surface area contributed by atoms with Crippen molar-refractivity contribution < 1.29 is 78.1 Å². The molecule has 0 spiro atoms. The van der Waals surface area contributed by atoms with Gasteiger partial charge in [-0.25, -0.2) is 9.59 Å². The van der Waals surface area contributed by atoms with Gasteiger partial charge >= 0.3 is 11.3 Å². The fourth-order valence-corrected chi connectivity index (χ4v) is 5.63. The van der Waals surface area contributed by atoms with Gasteiger partial charge in [0.15, 0.2) is 22.7 Å². The molecule has 10 atom stereocenters. The highest BCUT2D eigenvalue weighted by Crippen LogP contribution is 2.47. The van der Waals surface area contributed by atoms with Crippen molar-refractivity contribution in [1.29, 1.82) is 0 Å². The molecule has 18 nitrogen and oxygen atoms in total. The zero-order chi connectivity index (χ0) is 33.2. The molecule has 2 fully saturated rings. The van der Waals surface area contributed by atoms with Gasteiger partial charge in [-0.15, -0.1) is 0 Å². The summed E-state index contributed by atoms with van der Waals surface area (Å²) in [6.45, 7) is -1.51. The maximum absolute atomic E-state index is 13.4. The van der Waals surface area contributed by atoms with E-state index in [2.05, 4.69) is 0 Å². The number of aliphatic hydroxyl groups excluding tert-OH is 8. The molecule has 2 saturated heterocycles. The summed E-state index contributed by atoms with van der Waals surface area (Å²) in [7, 11) is 2.40. The molecule has 2 aromatic heterocycles. The number of rotatable bonds is 8. The van der Waals surface area contributed by atoms with Crippen LogP contribution < -0.4 is 30.2 Å². The molecule has 46 heavy (non-hydrogen) atoms. The summed E-state index contributed by atoms with van der Waals surface area (Å²) in [6, 6.07) is 2.38. The molecule has 4 heterocycles. The lowest BCUT2D eigenvalue weighted by atomic mass is 9.99. The fourth-order valence-electron chi connectivity index (χ4n) is 5.63. The Labute approximate surface area is 256 Å². The summed E-state index contributed by atoms with van der Waals surface area (Å²) < 4.78 is 44.4. The highest BCUT2D eigenvalue weighted by atomic mass is 16.7. The van der Waals surface area contributed by atoms with Crippen LogP contribution in [0.2, 0.25) is 0 Å². The number of ether oxygens (including phenoxy) is 6. The van der Waals surface area contributed by atoms with E-state index in [0.717, 1.165) is 0 Å². The van der Waals surface area contributed by atoms with E-state index in [1.807, 2.05) is 0 Å². The second kappa shape index (κ2) is 12.1. The molecule has 0 aliphatic carbocycles. The molecule has 0 unspecified atom stereocenters. The minimum absolute atomic E-state index is 0.0671. The van der Waals surface area contributed by atoms with Crippen LogP contribution in [0.3, 0.4) is 0 Å². The van der Waals surface area contributed by atoms with Crippen LogP contribution >= 0.6 is 0 Å². The third-order valence-corrected chi connectivity index (χ3v) is 8.09. The van der Waals surface area contributed by atoms with Gasteiger partial charge in [0.25, 0.3) is 0 Å². The summed E-state index contributed by atoms with van der Waals surface area (Å²) in [5.41, 5.74) is -2.80. The van der Waals surface area contributed by atoms with Crippen molar-refractivity contribution in [3.63, 3.8) is 0 Å². The van der Waals surface area contributed by atoms with Crippen LogP contribution in [0.1, 0.15) is 0 Å². The van der Waals surface area contributed by atoms with E-state index >= 15 is 0 Å². The van der Waals surface area contributed by atoms with E-state index in [0.29, 0.717) is 0 Å². The van der Waals surface area contributed by atoms with E-state index in [9.17, 15) is 50.4 Å². The van der Waals surface area contributed by atoms with E-state index in [1.165, 1.54) is 26.4 Å². The molecule has 8 N–H and O–H groups in total. The molecule has 2 aliphatic rings. The molecule has 250 valence electrons. The first-order valence-electron chi connectivity index (χ1n) is 13.8. The Kier molecular flexibility index (Phi) is 8.44. The predicted octanol–water partition coefficient (Wildman–Crippen LogP) is -3.13. The third kappa shape index (κ3) is 4.90. The van der Waals surface area contributed by atoms with Gasteiger partial charge in [0.2, 0.25) is 24.1 Å². The van der Waals surface area contributed by atoms with Gasteiger partial charge < -0.3 is 78.1 Å². The Morgan fingerprint density at radius 2 is 0.978 bits per heavy atom. The van der Waals surface area contributed by atoms with Gasteiger partial charge in [-0.2, -0.15) is 0 Å². The Bertz CT molecular complexity index is 1710. The summed E-state index contributed by atoms with van der Waals surface area (Å²) in [4.78, 5) is 26.8. The van der Waals surface area contributed by atoms with E-state index < -0.39 is 97.0 Å². The van der Waals surface area contributed by atoms with Crippen molar-refractivity contribution in [3.8, 4) is 23.0 Å². The van der Waals surface area contributed by atoms with Crippen molar-refractivity contribution >= 4 is 32.7 Å². The van der Waals surface area contributed by atoms with Crippen LogP contribution in [0.25, 0.3) is 32.7 Å². The molecule has 0 bridgehead atoms. The number of benzene rings is 2. The number of aliphatic hydroxyl groups is 8. The molecular weight excluding hydrogens is 624 g/mol. The Hall–Kier alpha value is -3.82. The largest absolute Gasteiger partial charge is 0.493 e. The lowest BCUT2D eigenvalue weighted by molar-refractivity contribution is -0.277. The first-order valence-corrected chi connectivity index (χ1v) is 13.8. The van der Waals surface area contributed by atoms with Crippen LogP contribution in [0, 0.1) is 0 Å². The molecule has 2 aromatic carbocycles. The van der Waals surface area contributed by atoms with Gasteiger partial charge in [0, 0.05) is 10.8 Å². The molecule has 0 amide bonds. The Morgan fingerprint density at radius 1 is 0.609 bits per heavy atom. The van der Waals surface area contributed by atoms with Crippen molar-refractivity contribution in [2.24, 2.45) is 0 Å². The van der Waals surface area contributed by atoms with Gasteiger partial charge in [0.05, 0.1) is 38.2 Å². The van der Waals surface area contributed by atoms with E-state index in [1.54, 1.807) is 0 Å². The number of methoxy groups -OCH3 is 2. The van der Waals surface area contributed by atoms with E-state index in [-0.39, 0.29) is 44.5 Å². The van der Waals surface area contributed by atoms with E-state index in [4.69, 9.17) is 37.3 Å². The van der Waals surface area contributed by atoms with Gasteiger partial charge in [-0.05, 0) is 12.1 Å². The quantitative estimate of drug-likeness (QED) is 0.0688. The summed E-state index contributed by atoms with van der Waals surface area (Å²) >= 11 is 0. The smallest absolute Gasteiger partial charge is 0.344 e. The summed E-state index contributed by atoms with van der Waals surface area (Å²) in [5.74, 6) is -1.16. The van der Waals surface area contributed by atoms with Crippen molar-refractivity contribution in [2.75, 3.05) is 27.4 Å². The van der Waals surface area contributed by atoms with Crippen LogP contribution in [0.15, 0.2) is 30.6 Å². The van der Waals surface area contributed by atoms with Gasteiger partial charge in [0.1, 0.15) is 48.8 Å². The minimum atomic E-state index is -1.86. The monoisotopic (exact) mass is 654 g/mol. The SMILES string of the molecule is COc1cc2c(=O)oc3c(O[C@@H]4O[C@H](CO)[C@@H](O)[C@H](O)[C@H]4O)c(OC)cc4c(=O)oc(c1O[C@@H]1O[C@H](CO)[C@@H](O)[C@H](O)[C@H]1O)c2c34. The minimum Gasteiger partial charge on any atom is -0.493 e. The molecule has 6 rings (SSSR count). The van der Waals surface area contributed by atoms with Crippen LogP contribution in [0.5, 0.6) is 23.0 Å². The second-order valence-electron chi connectivity index (χ2n) is 10.7. The van der Waals surface area contributed by atoms with Crippen LogP contribution in [-0.4, -0.2) is 130 Å². The predicted molar refractivity (Wildman–Crippen MR) is 149 cm³/mol. The zero-order valence-electron chi connectivity index (χ0n) is 24.0. The number of hydrogen-bond donors (Lipinski definition) is 8. The molecule has 18 heteroatoms. The first-order chi connectivity index (χ1) is 21.9. The highest BCUT2D eigenvalue weighted by molar-refractivity contribution is 6.22. The Balaban J connectivity index is 1.56. The maximum atomic E-state index is 13.4. The molecule has 2 aliphatic heterocycles. The van der Waals surface area contributed by atoms with Crippen molar-refractivity contribution in [3.05, 3.63) is 33.0 Å². The van der Waals surface area contributed by atoms with Gasteiger partial charge in [-0.3, -0.25) is 0 Å². The molecule has 0 radical (unpaired) electrons. The van der Waals surface area contributed by atoms with Crippen LogP contribution in [0.4, 0.5) is 0 Å². The maximum Gasteiger partial charge on any atom is 0.344 e. The molecule has 4 aromatic rings. The average molecular weight is 655 g/mol. The normalized spacial score (nSPS) is 31.9. The second-order valence-corrected chi connectivity index (χ2v) is 10.7. The first kappa shape index (κ1) is 32.1. The lowest BCUT2D eigenvalue weighted by Crippen LogP contribution is -2.60. The fraction of sp³-hybridized carbons (Fsp3) is 0.500. The van der Waals surface area contributed by atoms with Crippen LogP contribution in [-0.2, 0) is 9.47 Å². The van der Waals surface area contributed by atoms with Crippen molar-refractivity contribution in [2.45, 2.75) is 61.4 Å². The third-order valence-electron chi connectivity index (χ3n) is 8.09. The Morgan fingerprint density at radius 3 is 1.30 bits per heavy atom. The standard InChI is InChI=1S/C28H30O18/c1-39-9-3-7-13-14-8(26(38)43-23(13)21(9)45-27-19(35)17(33)15(31)11(5-29)41-27)4-10(40-2)22(24(14)44-25(7)37)46-28-20(36)18(34)16(32)12(6-30)42-28/h3-4,11-12,15-20,27-36H,5-6H2,1-2H3/t11-,12-,15-,16-,17+,18+,19-,20-,27+,28+/m1/s1. The number of hydrogen-bond acceptors (Lipinski definition) is 18. The van der Waals surface area contributed by atoms with Gasteiger partial charge in [-0.1, -0.05) is 0 Å². The topological polar surface area (TPSA) is 278 Å². The highest BCUT2D eigenvalue weighted by Gasteiger charge is 2.47. The molecular formula is C28H30O18. The summed E-state index contributed by atoms with van der Waals surface area (Å²) in [6.07, 6.45) is -16.9. The lowest BCUT2D eigenvalue weighted by Gasteiger charge is -2.39. The molecule has 0 saturated carbocycles. The average Bonchev–Trinajstić information content (AvgIpc) is 3.05. The summed E-state index contributed by atoms with van der Waals surface area (Å²) in [5, 5.41) is 80.7.